The fraction of sp³-hybridized carbons (Fsp3) is 0.214. The minimum absolute atomic E-state index is 0. The van der Waals surface area contributed by atoms with Gasteiger partial charge in [-0.25, -0.2) is 0 Å². The molecule has 1 aliphatic carbocycles. The smallest absolute Gasteiger partial charge is 0.419 e. The van der Waals surface area contributed by atoms with Crippen LogP contribution in [-0.4, -0.2) is 7.25 Å². The maximum atomic E-state index is 9.75. The Bertz CT molecular complexity index is 3090. The molecular weight excluding hydrogens is 988 g/mol. The summed E-state index contributed by atoms with van der Waals surface area (Å²) < 4.78 is 65.0. The standard InChI is InChI=1S/2C24H21O2P.C8H12.BF4.Rh/c2*1-24(2,3)27-25-20-14-12-16-8-4-6-10-18(16)22(20)23-19-11-7-5-9-17(19)13-15-21(23)26-27;1-2-4-6-8-7-5-3-1;2-1(3,4)5;/h2*4-15H,1-3H3;1-2,7-8H,3-6H2;;/q;;;-1;/b;;2-1-,8-7-;;. The van der Waals surface area contributed by atoms with E-state index in [9.17, 15) is 17.3 Å². The van der Waals surface area contributed by atoms with Gasteiger partial charge in [-0.15, -0.1) is 0 Å². The predicted molar refractivity (Wildman–Crippen MR) is 280 cm³/mol. The summed E-state index contributed by atoms with van der Waals surface area (Å²) in [5, 5.41) is 14.0. The Balaban J connectivity index is 0.000000158. The Morgan fingerprint density at radius 3 is 0.765 bits per heavy atom. The molecule has 0 N–H and O–H groups in total. The summed E-state index contributed by atoms with van der Waals surface area (Å²) in [6.07, 6.45) is 14.0. The summed E-state index contributed by atoms with van der Waals surface area (Å²) in [6.45, 7) is 13.0. The van der Waals surface area contributed by atoms with Crippen LogP contribution in [0.3, 0.4) is 0 Å². The van der Waals surface area contributed by atoms with Crippen molar-refractivity contribution in [3.05, 3.63) is 170 Å². The van der Waals surface area contributed by atoms with E-state index in [2.05, 4.69) is 211 Å². The quantitative estimate of drug-likeness (QED) is 0.0863. The molecule has 8 aromatic carbocycles. The zero-order valence-corrected chi connectivity index (χ0v) is 42.4. The molecule has 12 heteroatoms. The van der Waals surface area contributed by atoms with Crippen LogP contribution in [0.25, 0.3) is 87.0 Å². The molecule has 0 unspecified atom stereocenters. The van der Waals surface area contributed by atoms with Crippen LogP contribution in [0, 0.1) is 0 Å². The number of rotatable bonds is 0. The minimum Gasteiger partial charge on any atom is -0.419 e. The second-order valence-corrected chi connectivity index (χ2v) is 22.9. The van der Waals surface area contributed by atoms with Gasteiger partial charge in [0.05, 0.1) is 10.3 Å². The van der Waals surface area contributed by atoms with Crippen molar-refractivity contribution in [2.75, 3.05) is 0 Å². The summed E-state index contributed by atoms with van der Waals surface area (Å²) in [5.41, 5.74) is 3.63. The molecule has 10 aromatic rings. The van der Waals surface area contributed by atoms with Gasteiger partial charge in [0, 0.05) is 41.0 Å². The van der Waals surface area contributed by atoms with Gasteiger partial charge in [-0.2, -0.15) is 0 Å². The molecule has 0 atom stereocenters. The molecule has 0 amide bonds. The van der Waals surface area contributed by atoms with Crippen molar-refractivity contribution in [3.8, 4) is 0 Å². The molecule has 68 heavy (non-hydrogen) atoms. The molecule has 353 valence electrons. The number of hydrogen-bond donors (Lipinski definition) is 0. The van der Waals surface area contributed by atoms with Crippen molar-refractivity contribution in [1.82, 2.24) is 0 Å². The van der Waals surface area contributed by atoms with Crippen LogP contribution < -0.4 is 0 Å². The summed E-state index contributed by atoms with van der Waals surface area (Å²) in [4.78, 5) is 0. The monoisotopic (exact) mass is 1040 g/mol. The average molecular weight is 1040 g/mol. The van der Waals surface area contributed by atoms with Crippen molar-refractivity contribution in [3.63, 3.8) is 0 Å². The van der Waals surface area contributed by atoms with E-state index in [1.807, 2.05) is 0 Å². The Morgan fingerprint density at radius 1 is 0.353 bits per heavy atom. The molecule has 1 radical (unpaired) electrons. The van der Waals surface area contributed by atoms with Crippen LogP contribution in [0.15, 0.2) is 187 Å². The van der Waals surface area contributed by atoms with Crippen molar-refractivity contribution < 1.29 is 53.5 Å². The zero-order valence-electron chi connectivity index (χ0n) is 38.9. The molecule has 2 heterocycles. The number of halogens is 4. The van der Waals surface area contributed by atoms with Gasteiger partial charge in [-0.05, 0) is 135 Å². The van der Waals surface area contributed by atoms with Gasteiger partial charge >= 0.3 is 7.25 Å². The summed E-state index contributed by atoms with van der Waals surface area (Å²) in [7, 11) is -8.25. The van der Waals surface area contributed by atoms with Gasteiger partial charge in [0.1, 0.15) is 22.3 Å². The third kappa shape index (κ3) is 11.8. The van der Waals surface area contributed by atoms with Crippen molar-refractivity contribution in [1.29, 1.82) is 0 Å². The first-order chi connectivity index (χ1) is 32.0. The number of hydrogen-bond acceptors (Lipinski definition) is 4. The van der Waals surface area contributed by atoms with E-state index < -0.39 is 23.3 Å². The second-order valence-electron chi connectivity index (χ2n) is 18.5. The Morgan fingerprint density at radius 2 is 0.559 bits per heavy atom. The van der Waals surface area contributed by atoms with Crippen LogP contribution >= 0.6 is 16.0 Å². The van der Waals surface area contributed by atoms with Gasteiger partial charge in [0.2, 0.25) is 16.0 Å². The molecule has 0 fully saturated rings. The van der Waals surface area contributed by atoms with Gasteiger partial charge in [0.15, 0.2) is 0 Å². The summed E-state index contributed by atoms with van der Waals surface area (Å²) >= 11 is 0. The van der Waals surface area contributed by atoms with Crippen molar-refractivity contribution in [2.24, 2.45) is 0 Å². The molecular formula is C56H54BF4O4P2Rh-. The molecule has 0 bridgehead atoms. The van der Waals surface area contributed by atoms with E-state index in [1.165, 1.54) is 68.8 Å². The van der Waals surface area contributed by atoms with Crippen LogP contribution in [0.2, 0.25) is 0 Å². The van der Waals surface area contributed by atoms with Crippen LogP contribution in [0.4, 0.5) is 17.3 Å². The first-order valence-electron chi connectivity index (χ1n) is 22.6. The Labute approximate surface area is 409 Å². The normalized spacial score (nSPS) is 13.9. The summed E-state index contributed by atoms with van der Waals surface area (Å²) in [5.74, 6) is 0. The van der Waals surface area contributed by atoms with Crippen LogP contribution in [0.1, 0.15) is 67.2 Å². The zero-order chi connectivity index (χ0) is 47.3. The maximum Gasteiger partial charge on any atom is 0.673 e. The second kappa shape index (κ2) is 21.4. The number of allylic oxidation sites excluding steroid dienone is 4. The largest absolute Gasteiger partial charge is 0.673 e. The molecule has 0 aliphatic heterocycles. The number of benzene rings is 8. The van der Waals surface area contributed by atoms with E-state index in [0.29, 0.717) is 0 Å². The van der Waals surface area contributed by atoms with Crippen LogP contribution in [0.5, 0.6) is 0 Å². The third-order valence-electron chi connectivity index (χ3n) is 11.2. The van der Waals surface area contributed by atoms with E-state index in [-0.39, 0.29) is 29.8 Å². The number of fused-ring (bicyclic) bond motifs is 14. The molecule has 1 aliphatic rings. The van der Waals surface area contributed by atoms with E-state index in [0.717, 1.165) is 43.9 Å². The SMILES string of the molecule is C1=C\CC/C=C\CC/1.CC(C)(C)p1oc2ccc3ccccc3c2c2c(ccc3ccccc32)o1.CC(C)(C)p1oc2ccc3ccccc3c2c2c(ccc3ccccc32)o1.F[B-](F)(F)F.[Rh]. The van der Waals surface area contributed by atoms with E-state index in [4.69, 9.17) is 16.8 Å². The first-order valence-corrected chi connectivity index (χ1v) is 25.0. The first kappa shape index (κ1) is 50.4. The molecule has 4 nitrogen and oxygen atoms in total. The molecule has 11 rings (SSSR count). The van der Waals surface area contributed by atoms with Gasteiger partial charge in [0.25, 0.3) is 0 Å². The van der Waals surface area contributed by atoms with Crippen LogP contribution in [-0.2, 0) is 29.8 Å². The van der Waals surface area contributed by atoms with E-state index in [1.54, 1.807) is 0 Å². The molecule has 0 spiro atoms. The molecule has 0 saturated heterocycles. The predicted octanol–water partition coefficient (Wildman–Crippen LogP) is 20.7. The minimum atomic E-state index is -6.00. The fourth-order valence-corrected chi connectivity index (χ4v) is 10.6. The fourth-order valence-electron chi connectivity index (χ4n) is 8.14. The maximum absolute atomic E-state index is 9.75. The van der Waals surface area contributed by atoms with Crippen molar-refractivity contribution in [2.45, 2.75) is 77.5 Å². The van der Waals surface area contributed by atoms with Crippen molar-refractivity contribution >= 4 is 110 Å². The summed E-state index contributed by atoms with van der Waals surface area (Å²) in [6, 6.07) is 50.9. The van der Waals surface area contributed by atoms with Gasteiger partial charge in [-0.3, -0.25) is 0 Å². The topological polar surface area (TPSA) is 52.6 Å². The van der Waals surface area contributed by atoms with E-state index >= 15 is 0 Å². The Hall–Kier alpha value is -5.51. The van der Waals surface area contributed by atoms with Gasteiger partial charge < -0.3 is 34.0 Å². The average Bonchev–Trinajstić information content (AvgIpc) is 3.58. The van der Waals surface area contributed by atoms with Gasteiger partial charge in [-0.1, -0.05) is 146 Å². The third-order valence-corrected chi connectivity index (χ3v) is 14.9. The molecule has 2 aromatic heterocycles. The Kier molecular flexibility index (Phi) is 15.9. The molecule has 0 saturated carbocycles.